The standard InChI is InChI=1S/C25H23Cl2N3O4S/c26-21-13-12-18(16-22(21)27)30(35(33,34)19-8-2-1-3-9-19)17-24(31)28-23-11-5-4-10-20(23)25(32)29-14-6-7-15-29/h1-5,8-13,16H,6-7,14-15,17H2,(H,28,31). The summed E-state index contributed by atoms with van der Waals surface area (Å²) in [5, 5.41) is 3.12. The van der Waals surface area contributed by atoms with Crippen LogP contribution in [0.25, 0.3) is 0 Å². The van der Waals surface area contributed by atoms with Crippen molar-refractivity contribution in [2.24, 2.45) is 0 Å². The van der Waals surface area contributed by atoms with Gasteiger partial charge in [0.2, 0.25) is 5.91 Å². The minimum atomic E-state index is -4.12. The second-order valence-electron chi connectivity index (χ2n) is 8.02. The smallest absolute Gasteiger partial charge is 0.264 e. The summed E-state index contributed by atoms with van der Waals surface area (Å²) in [6, 6.07) is 18.8. The van der Waals surface area contributed by atoms with Gasteiger partial charge in [-0.05, 0) is 55.3 Å². The fourth-order valence-corrected chi connectivity index (χ4v) is 5.59. The lowest BCUT2D eigenvalue weighted by Gasteiger charge is -2.25. The molecule has 0 unspecified atom stereocenters. The molecule has 1 N–H and O–H groups in total. The minimum absolute atomic E-state index is 0.0171. The van der Waals surface area contributed by atoms with Crippen molar-refractivity contribution in [3.8, 4) is 0 Å². The predicted molar refractivity (Wildman–Crippen MR) is 138 cm³/mol. The molecule has 2 amide bonds. The first-order chi connectivity index (χ1) is 16.8. The Balaban J connectivity index is 1.64. The molecule has 1 aliphatic rings. The van der Waals surface area contributed by atoms with Crippen LogP contribution < -0.4 is 9.62 Å². The molecule has 0 atom stereocenters. The zero-order chi connectivity index (χ0) is 25.0. The molecule has 35 heavy (non-hydrogen) atoms. The summed E-state index contributed by atoms with van der Waals surface area (Å²) in [6.45, 7) is 0.796. The Morgan fingerprint density at radius 1 is 0.886 bits per heavy atom. The van der Waals surface area contributed by atoms with E-state index < -0.39 is 22.5 Å². The van der Waals surface area contributed by atoms with Crippen molar-refractivity contribution in [3.63, 3.8) is 0 Å². The second kappa shape index (κ2) is 10.7. The van der Waals surface area contributed by atoms with Gasteiger partial charge in [-0.3, -0.25) is 13.9 Å². The number of para-hydroxylation sites is 1. The Bertz CT molecular complexity index is 1340. The van der Waals surface area contributed by atoms with Gasteiger partial charge < -0.3 is 10.2 Å². The highest BCUT2D eigenvalue weighted by Gasteiger charge is 2.28. The molecule has 0 bridgehead atoms. The van der Waals surface area contributed by atoms with E-state index in [1.54, 1.807) is 47.4 Å². The lowest BCUT2D eigenvalue weighted by Crippen LogP contribution is -2.38. The van der Waals surface area contributed by atoms with Crippen LogP contribution in [0.5, 0.6) is 0 Å². The lowest BCUT2D eigenvalue weighted by molar-refractivity contribution is -0.114. The molecular formula is C25H23Cl2N3O4S. The maximum atomic E-state index is 13.5. The number of carbonyl (C=O) groups is 2. The second-order valence-corrected chi connectivity index (χ2v) is 10.7. The number of nitrogens with one attached hydrogen (secondary N) is 1. The number of halogens is 2. The van der Waals surface area contributed by atoms with Crippen molar-refractivity contribution in [1.29, 1.82) is 0 Å². The third-order valence-corrected chi connectivity index (χ3v) is 8.16. The fourth-order valence-electron chi connectivity index (χ4n) is 3.86. The molecular weight excluding hydrogens is 509 g/mol. The van der Waals surface area contributed by atoms with Gasteiger partial charge in [0.1, 0.15) is 6.54 Å². The molecule has 3 aromatic rings. The largest absolute Gasteiger partial charge is 0.339 e. The monoisotopic (exact) mass is 531 g/mol. The first kappa shape index (κ1) is 25.0. The van der Waals surface area contributed by atoms with Crippen LogP contribution in [0.1, 0.15) is 23.2 Å². The van der Waals surface area contributed by atoms with Gasteiger partial charge in [-0.1, -0.05) is 53.5 Å². The van der Waals surface area contributed by atoms with Crippen LogP contribution in [0.4, 0.5) is 11.4 Å². The zero-order valence-corrected chi connectivity index (χ0v) is 21.0. The molecule has 0 saturated carbocycles. The number of carbonyl (C=O) groups excluding carboxylic acids is 2. The Morgan fingerprint density at radius 3 is 2.23 bits per heavy atom. The number of hydrogen-bond acceptors (Lipinski definition) is 4. The van der Waals surface area contributed by atoms with Crippen LogP contribution in [0.2, 0.25) is 10.0 Å². The van der Waals surface area contributed by atoms with Crippen LogP contribution in [0, 0.1) is 0 Å². The van der Waals surface area contributed by atoms with Crippen molar-refractivity contribution in [2.45, 2.75) is 17.7 Å². The van der Waals surface area contributed by atoms with Gasteiger partial charge in [-0.25, -0.2) is 8.42 Å². The van der Waals surface area contributed by atoms with Gasteiger partial charge in [0.15, 0.2) is 0 Å². The van der Waals surface area contributed by atoms with Crippen molar-refractivity contribution < 1.29 is 18.0 Å². The molecule has 1 aliphatic heterocycles. The quantitative estimate of drug-likeness (QED) is 0.461. The maximum Gasteiger partial charge on any atom is 0.264 e. The molecule has 10 heteroatoms. The molecule has 0 aliphatic carbocycles. The number of hydrogen-bond donors (Lipinski definition) is 1. The van der Waals surface area contributed by atoms with Gasteiger partial charge in [0.25, 0.3) is 15.9 Å². The first-order valence-electron chi connectivity index (χ1n) is 11.0. The van der Waals surface area contributed by atoms with E-state index >= 15 is 0 Å². The summed E-state index contributed by atoms with van der Waals surface area (Å²) in [6.07, 6.45) is 1.88. The van der Waals surface area contributed by atoms with Crippen LogP contribution in [0.3, 0.4) is 0 Å². The average Bonchev–Trinajstić information content (AvgIpc) is 3.40. The molecule has 0 aromatic heterocycles. The summed E-state index contributed by atoms with van der Waals surface area (Å²) in [4.78, 5) is 27.8. The highest BCUT2D eigenvalue weighted by molar-refractivity contribution is 7.92. The number of benzene rings is 3. The number of likely N-dealkylation sites (tertiary alicyclic amines) is 1. The molecule has 4 rings (SSSR count). The summed E-state index contributed by atoms with van der Waals surface area (Å²) in [7, 11) is -4.12. The number of rotatable bonds is 7. The fraction of sp³-hybridized carbons (Fsp3) is 0.200. The summed E-state index contributed by atoms with van der Waals surface area (Å²) >= 11 is 12.2. The van der Waals surface area contributed by atoms with E-state index in [0.29, 0.717) is 24.3 Å². The van der Waals surface area contributed by atoms with E-state index in [0.717, 1.165) is 17.1 Å². The highest BCUT2D eigenvalue weighted by atomic mass is 35.5. The van der Waals surface area contributed by atoms with Gasteiger partial charge >= 0.3 is 0 Å². The zero-order valence-electron chi connectivity index (χ0n) is 18.7. The Labute approximate surface area is 214 Å². The normalized spacial score (nSPS) is 13.5. The Kier molecular flexibility index (Phi) is 7.64. The van der Waals surface area contributed by atoms with E-state index in [2.05, 4.69) is 5.32 Å². The Morgan fingerprint density at radius 2 is 1.54 bits per heavy atom. The number of amides is 2. The molecule has 182 valence electrons. The maximum absolute atomic E-state index is 13.5. The van der Waals surface area contributed by atoms with E-state index in [1.807, 2.05) is 0 Å². The molecule has 1 saturated heterocycles. The predicted octanol–water partition coefficient (Wildman–Crippen LogP) is 5.06. The molecule has 0 radical (unpaired) electrons. The number of nitrogens with zero attached hydrogens (tertiary/aromatic N) is 2. The van der Waals surface area contributed by atoms with Crippen molar-refractivity contribution >= 4 is 56.4 Å². The average molecular weight is 532 g/mol. The third-order valence-electron chi connectivity index (χ3n) is 5.63. The van der Waals surface area contributed by atoms with Crippen LogP contribution >= 0.6 is 23.2 Å². The molecule has 1 fully saturated rings. The van der Waals surface area contributed by atoms with Gasteiger partial charge in [0.05, 0.1) is 31.9 Å². The highest BCUT2D eigenvalue weighted by Crippen LogP contribution is 2.30. The van der Waals surface area contributed by atoms with E-state index in [-0.39, 0.29) is 26.5 Å². The number of sulfonamides is 1. The third kappa shape index (κ3) is 5.61. The van der Waals surface area contributed by atoms with Crippen LogP contribution in [0.15, 0.2) is 77.7 Å². The van der Waals surface area contributed by atoms with Gasteiger partial charge in [0, 0.05) is 13.1 Å². The minimum Gasteiger partial charge on any atom is -0.339 e. The summed E-state index contributed by atoms with van der Waals surface area (Å²) < 4.78 is 27.9. The summed E-state index contributed by atoms with van der Waals surface area (Å²) in [5.41, 5.74) is 0.857. The molecule has 0 spiro atoms. The van der Waals surface area contributed by atoms with E-state index in [4.69, 9.17) is 23.2 Å². The molecule has 7 nitrogen and oxygen atoms in total. The van der Waals surface area contributed by atoms with Crippen molar-refractivity contribution in [2.75, 3.05) is 29.3 Å². The number of anilines is 2. The molecule has 3 aromatic carbocycles. The van der Waals surface area contributed by atoms with E-state index in [9.17, 15) is 18.0 Å². The van der Waals surface area contributed by atoms with Crippen molar-refractivity contribution in [3.05, 3.63) is 88.4 Å². The lowest BCUT2D eigenvalue weighted by atomic mass is 10.1. The first-order valence-corrected chi connectivity index (χ1v) is 13.2. The van der Waals surface area contributed by atoms with Crippen LogP contribution in [-0.2, 0) is 14.8 Å². The molecule has 1 heterocycles. The summed E-state index contributed by atoms with van der Waals surface area (Å²) in [5.74, 6) is -0.783. The van der Waals surface area contributed by atoms with Gasteiger partial charge in [-0.2, -0.15) is 0 Å². The SMILES string of the molecule is O=C(CN(c1ccc(Cl)c(Cl)c1)S(=O)(=O)c1ccccc1)Nc1ccccc1C(=O)N1CCCC1. The Hall–Kier alpha value is -3.07. The van der Waals surface area contributed by atoms with Crippen LogP contribution in [-0.4, -0.2) is 44.8 Å². The van der Waals surface area contributed by atoms with E-state index in [1.165, 1.54) is 30.3 Å². The topological polar surface area (TPSA) is 86.8 Å². The van der Waals surface area contributed by atoms with Crippen molar-refractivity contribution in [1.82, 2.24) is 4.90 Å². The van der Waals surface area contributed by atoms with Gasteiger partial charge in [-0.15, -0.1) is 0 Å².